The first kappa shape index (κ1) is 24.5. The Morgan fingerprint density at radius 3 is 2.33 bits per heavy atom. The van der Waals surface area contributed by atoms with E-state index in [4.69, 9.17) is 24.3 Å². The van der Waals surface area contributed by atoms with Gasteiger partial charge in [-0.15, -0.1) is 24.3 Å². The van der Waals surface area contributed by atoms with Crippen LogP contribution in [-0.4, -0.2) is 41.1 Å². The summed E-state index contributed by atoms with van der Waals surface area (Å²) in [7, 11) is 4.75. The van der Waals surface area contributed by atoms with Gasteiger partial charge in [-0.25, -0.2) is 0 Å². The van der Waals surface area contributed by atoms with Crippen molar-refractivity contribution in [2.45, 2.75) is 19.3 Å². The molecule has 1 aromatic carbocycles. The molecule has 3 heterocycles. The van der Waals surface area contributed by atoms with Crippen molar-refractivity contribution < 1.29 is 35.3 Å². The number of nitrogens with zero attached hydrogens (tertiary/aromatic N) is 4. The summed E-state index contributed by atoms with van der Waals surface area (Å²) in [5, 5.41) is 4.79. The van der Waals surface area contributed by atoms with E-state index in [-0.39, 0.29) is 21.1 Å². The molecule has 172 valence electrons. The summed E-state index contributed by atoms with van der Waals surface area (Å²) in [5.74, 6) is 1.59. The second kappa shape index (κ2) is 10.2. The van der Waals surface area contributed by atoms with Crippen molar-refractivity contribution in [2.75, 3.05) is 21.3 Å². The normalized spacial score (nSPS) is 10.9. The molecule has 0 N–H and O–H groups in total. The maximum absolute atomic E-state index is 5.43. The number of ether oxygens (including phenoxy) is 3. The van der Waals surface area contributed by atoms with E-state index in [0.29, 0.717) is 23.0 Å². The largest absolute Gasteiger partial charge is 2.00 e. The minimum absolute atomic E-state index is 0. The average molecular weight is 624 g/mol. The van der Waals surface area contributed by atoms with E-state index in [1.165, 1.54) is 0 Å². The van der Waals surface area contributed by atoms with Crippen molar-refractivity contribution in [2.24, 2.45) is 0 Å². The molecule has 0 aliphatic rings. The summed E-state index contributed by atoms with van der Waals surface area (Å²) in [4.78, 5) is 9.24. The number of pyridine rings is 2. The van der Waals surface area contributed by atoms with Crippen LogP contribution >= 0.6 is 0 Å². The molecule has 3 aromatic heterocycles. The monoisotopic (exact) mass is 623 g/mol. The van der Waals surface area contributed by atoms with Crippen molar-refractivity contribution in [3.63, 3.8) is 0 Å². The molecule has 0 unspecified atom stereocenters. The molecule has 0 aliphatic heterocycles. The molecule has 33 heavy (non-hydrogen) atoms. The molecule has 0 saturated carbocycles. The Morgan fingerprint density at radius 1 is 0.848 bits per heavy atom. The third-order valence-electron chi connectivity index (χ3n) is 5.29. The van der Waals surface area contributed by atoms with Crippen LogP contribution in [0.5, 0.6) is 17.5 Å². The van der Waals surface area contributed by atoms with Gasteiger partial charge >= 0.3 is 21.1 Å². The number of benzene rings is 1. The van der Waals surface area contributed by atoms with E-state index < -0.39 is 5.41 Å². The summed E-state index contributed by atoms with van der Waals surface area (Å²) in [6.07, 6.45) is 1.92. The minimum Gasteiger partial charge on any atom is -0.554 e. The van der Waals surface area contributed by atoms with Crippen molar-refractivity contribution in [3.05, 3.63) is 78.2 Å². The molecule has 0 radical (unpaired) electrons. The Morgan fingerprint density at radius 2 is 1.67 bits per heavy atom. The van der Waals surface area contributed by atoms with Gasteiger partial charge in [0, 0.05) is 17.6 Å². The van der Waals surface area contributed by atoms with E-state index in [9.17, 15) is 0 Å². The molecule has 0 bridgehead atoms. The van der Waals surface area contributed by atoms with E-state index >= 15 is 0 Å². The Balaban J connectivity index is 0.00000306. The first-order chi connectivity index (χ1) is 15.5. The molecule has 0 aliphatic carbocycles. The quantitative estimate of drug-likeness (QED) is 0.287. The standard InChI is InChI=1S/C25H24N4O3.Pt/c1-25(2,22-15-16-29(28-22)17-9-11-18(30-3)12-10-17)21-8-6-7-20(26-21)19-13-14-23(31-4)27-24(19)32-5;/h6-9,11-12,14-16H,1-5H3;/q-2;+2. The smallest absolute Gasteiger partial charge is 0.554 e. The van der Waals surface area contributed by atoms with Gasteiger partial charge in [0.2, 0.25) is 0 Å². The molecule has 8 heteroatoms. The van der Waals surface area contributed by atoms with Crippen molar-refractivity contribution >= 4 is 0 Å². The summed E-state index contributed by atoms with van der Waals surface area (Å²) >= 11 is 0. The third kappa shape index (κ3) is 4.93. The fraction of sp³-hybridized carbons (Fsp3) is 0.240. The Labute approximate surface area is 208 Å². The predicted molar refractivity (Wildman–Crippen MR) is 120 cm³/mol. The van der Waals surface area contributed by atoms with Gasteiger partial charge in [-0.3, -0.25) is 9.67 Å². The van der Waals surface area contributed by atoms with Crippen molar-refractivity contribution in [3.8, 4) is 34.5 Å². The van der Waals surface area contributed by atoms with Crippen LogP contribution in [0.3, 0.4) is 0 Å². The van der Waals surface area contributed by atoms with E-state index in [1.807, 2.05) is 42.6 Å². The van der Waals surface area contributed by atoms with E-state index in [2.05, 4.69) is 31.0 Å². The Bertz CT molecular complexity index is 1220. The third-order valence-corrected chi connectivity index (χ3v) is 5.29. The van der Waals surface area contributed by atoms with Crippen LogP contribution in [0.15, 0.2) is 54.7 Å². The van der Waals surface area contributed by atoms with Gasteiger partial charge in [0.05, 0.1) is 32.4 Å². The first-order valence-electron chi connectivity index (χ1n) is 10.1. The van der Waals surface area contributed by atoms with Gasteiger partial charge in [-0.2, -0.15) is 11.2 Å². The van der Waals surface area contributed by atoms with Gasteiger partial charge < -0.3 is 19.2 Å². The average Bonchev–Trinajstić information content (AvgIpc) is 3.35. The Hall–Kier alpha value is -3.18. The number of rotatable bonds is 7. The molecule has 0 saturated heterocycles. The molecular formula is C25H24N4O3Pt. The van der Waals surface area contributed by atoms with Gasteiger partial charge in [-0.05, 0) is 37.4 Å². The number of hydrogen-bond donors (Lipinski definition) is 0. The zero-order valence-corrected chi connectivity index (χ0v) is 21.3. The fourth-order valence-electron chi connectivity index (χ4n) is 3.34. The van der Waals surface area contributed by atoms with Crippen LogP contribution in [0.25, 0.3) is 16.9 Å². The van der Waals surface area contributed by atoms with Gasteiger partial charge in [0.25, 0.3) is 0 Å². The molecule has 4 rings (SSSR count). The fourth-order valence-corrected chi connectivity index (χ4v) is 3.34. The van der Waals surface area contributed by atoms with E-state index in [1.54, 1.807) is 38.1 Å². The van der Waals surface area contributed by atoms with Crippen molar-refractivity contribution in [1.82, 2.24) is 19.7 Å². The summed E-state index contributed by atoms with van der Waals surface area (Å²) in [6.45, 7) is 4.19. The molecule has 0 spiro atoms. The van der Waals surface area contributed by atoms with E-state index in [0.717, 1.165) is 22.8 Å². The molecule has 0 fully saturated rings. The van der Waals surface area contributed by atoms with Crippen LogP contribution in [0.1, 0.15) is 25.2 Å². The van der Waals surface area contributed by atoms with Gasteiger partial charge in [-0.1, -0.05) is 23.8 Å². The Kier molecular flexibility index (Phi) is 7.54. The van der Waals surface area contributed by atoms with Crippen LogP contribution < -0.4 is 14.2 Å². The van der Waals surface area contributed by atoms with Crippen LogP contribution in [0.2, 0.25) is 0 Å². The molecule has 4 aromatic rings. The van der Waals surface area contributed by atoms with Crippen LogP contribution in [0, 0.1) is 12.1 Å². The van der Waals surface area contributed by atoms with Crippen LogP contribution in [-0.2, 0) is 26.5 Å². The van der Waals surface area contributed by atoms with Crippen LogP contribution in [0.4, 0.5) is 0 Å². The number of aromatic nitrogens is 4. The summed E-state index contributed by atoms with van der Waals surface area (Å²) < 4.78 is 17.6. The molecule has 0 atom stereocenters. The second-order valence-corrected chi connectivity index (χ2v) is 7.62. The zero-order valence-electron chi connectivity index (χ0n) is 19.0. The minimum atomic E-state index is -0.444. The summed E-state index contributed by atoms with van der Waals surface area (Å²) in [5.41, 5.74) is 3.52. The van der Waals surface area contributed by atoms with Crippen molar-refractivity contribution in [1.29, 1.82) is 0 Å². The maximum Gasteiger partial charge on any atom is 2.00 e. The van der Waals surface area contributed by atoms with Gasteiger partial charge in [0.15, 0.2) is 0 Å². The molecular weight excluding hydrogens is 599 g/mol. The zero-order chi connectivity index (χ0) is 22.7. The van der Waals surface area contributed by atoms with Gasteiger partial charge in [0.1, 0.15) is 11.8 Å². The molecule has 7 nitrogen and oxygen atoms in total. The number of methoxy groups -OCH3 is 3. The SMILES string of the molecule is COc1c[c-]c(-n2ccc(C(C)(C)c3cccc(-c4[c-]cc(OC)nc4OC)n3)n2)cc1.[Pt+2]. The number of hydrogen-bond acceptors (Lipinski definition) is 6. The first-order valence-corrected chi connectivity index (χ1v) is 10.1. The second-order valence-electron chi connectivity index (χ2n) is 7.62. The summed E-state index contributed by atoms with van der Waals surface area (Å²) in [6, 6.07) is 21.5. The molecule has 0 amide bonds. The maximum atomic E-state index is 5.43. The predicted octanol–water partition coefficient (Wildman–Crippen LogP) is 4.28. The topological polar surface area (TPSA) is 71.3 Å².